The second-order valence-electron chi connectivity index (χ2n) is 54.9. The molecule has 20 aliphatic rings. The van der Waals surface area contributed by atoms with Crippen molar-refractivity contribution in [2.75, 3.05) is 6.61 Å². The molecule has 770 valence electrons. The minimum Gasteiger partial charge on any atom is -0.463 e. The Balaban J connectivity index is 0.000000126. The molecule has 20 aliphatic carbocycles. The van der Waals surface area contributed by atoms with Crippen molar-refractivity contribution in [1.29, 1.82) is 0 Å². The molecule has 16 unspecified atom stereocenters. The van der Waals surface area contributed by atoms with Gasteiger partial charge in [-0.3, -0.25) is 19.2 Å². The number of carbonyl (C=O) groups excluding carboxylic acids is 6. The van der Waals surface area contributed by atoms with E-state index in [1.54, 1.807) is 17.2 Å². The lowest BCUT2D eigenvalue weighted by molar-refractivity contribution is -0.137. The maximum atomic E-state index is 12.0. The Labute approximate surface area is 852 Å². The number of aldehydes is 1. The number of hydrogen-bond donors (Lipinski definition) is 1. The molecule has 140 heavy (non-hydrogen) atoms. The smallest absolute Gasteiger partial charge is 0.330 e. The number of aliphatic hydroxyl groups is 1. The third-order valence-electron chi connectivity index (χ3n) is 47.4. The summed E-state index contributed by atoms with van der Waals surface area (Å²) in [5.74, 6) is 20.6. The summed E-state index contributed by atoms with van der Waals surface area (Å²) in [4.78, 5) is 71.0. The molecule has 37 atom stereocenters. The molecule has 8 nitrogen and oxygen atoms in total. The highest BCUT2D eigenvalue weighted by Gasteiger charge is 2.65. The Bertz CT molecular complexity index is 5040. The third kappa shape index (κ3) is 19.5. The number of esters is 1. The van der Waals surface area contributed by atoms with Gasteiger partial charge in [0.05, 0.1) is 12.7 Å². The van der Waals surface area contributed by atoms with Crippen LogP contribution >= 0.6 is 0 Å². The van der Waals surface area contributed by atoms with Crippen molar-refractivity contribution in [2.45, 2.75) is 385 Å². The summed E-state index contributed by atoms with van der Waals surface area (Å²) < 4.78 is 5.06. The Kier molecular flexibility index (Phi) is 31.8. The van der Waals surface area contributed by atoms with E-state index in [0.29, 0.717) is 176 Å². The molecule has 0 bridgehead atoms. The van der Waals surface area contributed by atoms with Crippen molar-refractivity contribution in [1.82, 2.24) is 0 Å². The Morgan fingerprint density at radius 2 is 0.700 bits per heavy atom. The van der Waals surface area contributed by atoms with E-state index in [9.17, 15) is 33.9 Å². The molecule has 11 fully saturated rings. The van der Waals surface area contributed by atoms with Gasteiger partial charge in [0.25, 0.3) is 0 Å². The summed E-state index contributed by atoms with van der Waals surface area (Å²) in [6, 6.07) is 0. The number of allylic oxidation sites excluding steroid dienone is 26. The zero-order valence-electron chi connectivity index (χ0n) is 92.7. The van der Waals surface area contributed by atoms with Gasteiger partial charge in [-0.15, -0.1) is 0 Å². The fraction of sp³-hybridized carbons (Fsp3) is 0.742. The number of carbonyl (C=O) groups is 6. The van der Waals surface area contributed by atoms with Gasteiger partial charge in [-0.05, 0) is 448 Å². The summed E-state index contributed by atoms with van der Waals surface area (Å²) in [6.07, 6.45) is 86.9. The van der Waals surface area contributed by atoms with Gasteiger partial charge in [-0.25, -0.2) is 4.79 Å². The van der Waals surface area contributed by atoms with Crippen molar-refractivity contribution in [2.24, 2.45) is 226 Å². The van der Waals surface area contributed by atoms with Gasteiger partial charge < -0.3 is 14.6 Å². The molecule has 0 spiro atoms. The molecule has 20 rings (SSSR count). The van der Waals surface area contributed by atoms with Crippen molar-refractivity contribution in [3.05, 3.63) is 167 Å². The number of fused-ring (bicyclic) bond motifs is 25. The predicted molar refractivity (Wildman–Crippen MR) is 579 cm³/mol. The maximum Gasteiger partial charge on any atom is 0.330 e. The highest BCUT2D eigenvalue weighted by atomic mass is 16.5. The molecule has 0 heterocycles. The zero-order valence-corrected chi connectivity index (χ0v) is 92.7. The molecule has 0 aromatic rings. The molecular formula is C132H194O8. The minimum atomic E-state index is -0.225. The quantitative estimate of drug-likeness (QED) is 0.0621. The van der Waals surface area contributed by atoms with E-state index in [1.165, 1.54) is 169 Å². The molecule has 8 heteroatoms. The minimum absolute atomic E-state index is 0.116. The predicted octanol–water partition coefficient (Wildman–Crippen LogP) is 32.7. The Morgan fingerprint density at radius 1 is 0.357 bits per heavy atom. The van der Waals surface area contributed by atoms with Crippen LogP contribution in [0.25, 0.3) is 0 Å². The second kappa shape index (κ2) is 41.7. The van der Waals surface area contributed by atoms with Crippen LogP contribution in [0.1, 0.15) is 379 Å². The van der Waals surface area contributed by atoms with E-state index in [1.807, 2.05) is 31.2 Å². The van der Waals surface area contributed by atoms with Crippen LogP contribution in [0.15, 0.2) is 167 Å². The lowest BCUT2D eigenvalue weighted by atomic mass is 9.48. The Morgan fingerprint density at radius 3 is 1.09 bits per heavy atom. The van der Waals surface area contributed by atoms with Crippen molar-refractivity contribution in [3.8, 4) is 0 Å². The third-order valence-corrected chi connectivity index (χ3v) is 47.4. The first kappa shape index (κ1) is 107. The largest absolute Gasteiger partial charge is 0.463 e. The van der Waals surface area contributed by atoms with E-state index < -0.39 is 0 Å². The molecule has 1 N–H and O–H groups in total. The molecule has 0 aromatic carbocycles. The second-order valence-corrected chi connectivity index (χ2v) is 54.9. The highest BCUT2D eigenvalue weighted by molar-refractivity contribution is 5.94. The molecule has 11 saturated carbocycles. The van der Waals surface area contributed by atoms with E-state index in [0.717, 1.165) is 123 Å². The van der Waals surface area contributed by atoms with Crippen LogP contribution in [-0.4, -0.2) is 53.2 Å². The van der Waals surface area contributed by atoms with E-state index in [2.05, 4.69) is 263 Å². The lowest BCUT2D eigenvalue weighted by Crippen LogP contribution is -2.49. The van der Waals surface area contributed by atoms with Crippen molar-refractivity contribution in [3.63, 3.8) is 0 Å². The number of aliphatic hydroxyl groups excluding tert-OH is 1. The van der Waals surface area contributed by atoms with Gasteiger partial charge in [0.15, 0.2) is 23.1 Å². The number of ketones is 4. The van der Waals surface area contributed by atoms with Gasteiger partial charge in [-0.2, -0.15) is 0 Å². The van der Waals surface area contributed by atoms with Gasteiger partial charge >= 0.3 is 5.97 Å². The van der Waals surface area contributed by atoms with Crippen LogP contribution in [0.5, 0.6) is 0 Å². The summed E-state index contributed by atoms with van der Waals surface area (Å²) in [5, 5.41) is 10.2. The Hall–Kier alpha value is -5.86. The van der Waals surface area contributed by atoms with Gasteiger partial charge in [0.1, 0.15) is 6.29 Å². The average Bonchev–Trinajstić information content (AvgIpc) is 1.49. The standard InChI is InChI=1S/C28H44O.2C28H42O.C26H36O3.C22H30O2/c3*1-18(2)19(3)7-8-20(4)24-11-12-25-23-10-9-21-17-22(29)13-15-27(21,5)26(23)14-16-28(24,25)6;1-5-29-24(28)11-6-17(2)21-9-10-22-20-8-7-18-16-19(27)12-14-25(18,3)23(20)13-15-26(21,22)4;1-14(13-23)18-6-7-19-17-5-4-15-12-16(24)8-10-21(15,2)20(17)9-11-22(18,19)3/h7-10,18-20,22,24-26,29H,11-17H2,1-6H3;7-8,10,17-20,24-26H,9,11-16H2,1-6H3;7-10,17-20,23-26H,11-16H2,1-6H3;6-8,11,16-17,20-23H,5,9-10,12-15H2,1-4H3;4-5,12-14,17-20H,6-11H2,1-3H3/b3*8-7+;11-6+;/t19?,20-,22+,24-,25?,26?,27+,28-;19?,20-,24-,25?,26?,27+,28-;19?,20-,23?,24-,25?,26?,27+,28-;17-,20?,21-,22?,23?,25+,26-;14-,17?,18-,19?,20?,21+,22-/m11111/s1. The summed E-state index contributed by atoms with van der Waals surface area (Å²) in [7, 11) is 0. The van der Waals surface area contributed by atoms with Crippen LogP contribution in [0.3, 0.4) is 0 Å². The van der Waals surface area contributed by atoms with Crippen LogP contribution in [0.2, 0.25) is 0 Å². The summed E-state index contributed by atoms with van der Waals surface area (Å²) in [6.45, 7) is 60.2. The van der Waals surface area contributed by atoms with Gasteiger partial charge in [0, 0.05) is 37.7 Å². The fourth-order valence-electron chi connectivity index (χ4n) is 37.1. The summed E-state index contributed by atoms with van der Waals surface area (Å²) in [5.41, 5.74) is 13.5. The van der Waals surface area contributed by atoms with Crippen LogP contribution in [0, 0.1) is 226 Å². The molecule has 0 amide bonds. The van der Waals surface area contributed by atoms with E-state index in [-0.39, 0.29) is 39.7 Å². The van der Waals surface area contributed by atoms with Crippen LogP contribution < -0.4 is 0 Å². The lowest BCUT2D eigenvalue weighted by Gasteiger charge is -2.56. The fourth-order valence-corrected chi connectivity index (χ4v) is 37.1. The van der Waals surface area contributed by atoms with Crippen LogP contribution in [0.4, 0.5) is 0 Å². The normalized spacial score (nSPS) is 43.7. The number of hydrogen-bond acceptors (Lipinski definition) is 8. The van der Waals surface area contributed by atoms with E-state index >= 15 is 0 Å². The summed E-state index contributed by atoms with van der Waals surface area (Å²) >= 11 is 0. The molecule has 0 saturated heterocycles. The zero-order chi connectivity index (χ0) is 101. The molecule has 0 aromatic heterocycles. The van der Waals surface area contributed by atoms with E-state index in [4.69, 9.17) is 4.74 Å². The highest BCUT2D eigenvalue weighted by Crippen LogP contribution is 2.73. The van der Waals surface area contributed by atoms with Gasteiger partial charge in [0.2, 0.25) is 0 Å². The maximum absolute atomic E-state index is 12.0. The number of rotatable bonds is 18. The monoisotopic (exact) mass is 1910 g/mol. The molecular weight excluding hydrogens is 1710 g/mol. The van der Waals surface area contributed by atoms with Crippen molar-refractivity contribution < 1.29 is 38.6 Å². The van der Waals surface area contributed by atoms with Crippen molar-refractivity contribution >= 4 is 35.4 Å². The number of ether oxygens (including phenoxy) is 1. The van der Waals surface area contributed by atoms with Crippen LogP contribution in [-0.2, 0) is 33.5 Å². The SMILES string of the molecule is CC(C)C(C)/C=C/[C@@H](C)[C@H]1CCC2C3=CC=C4C[C@@H](O)CC[C@]4(C)C3CC[C@@]21C.CC(C)C(C)/C=C/[C@@H](C)[C@H]1CCC2C3=CCC4=CC(=O)CC[C@]4(C)C3CC[C@@]21C.CC(C)C(C)/C=C/[C@@H](C)[C@H]1CCC2C3C=CC4=CC(=O)CC[C@]4(C)C3CC[C@@]21C.CCOC(=O)/C=C/[C@@H](C)[C@H]1CCC2C3C=CC4=CC(=O)CC[C@]4(C)C3CC[C@@]21C.C[C@H](C=O)[C@H]1CCC2C3C=CC4=CC(=O)CC[C@]4(C)C3CC[C@@]21C. The first-order valence-electron chi connectivity index (χ1n) is 58.4. The first-order valence-corrected chi connectivity index (χ1v) is 58.4. The average molecular weight is 1910 g/mol. The topological polar surface area (TPSA) is 132 Å². The molecule has 0 aliphatic heterocycles. The van der Waals surface area contributed by atoms with Gasteiger partial charge in [-0.1, -0.05) is 286 Å². The molecule has 0 radical (unpaired) electrons. The first-order chi connectivity index (χ1) is 66.2.